The number of ether oxygens (including phenoxy) is 4. The topological polar surface area (TPSA) is 101 Å². The van der Waals surface area contributed by atoms with E-state index in [4.69, 9.17) is 24.7 Å². The Morgan fingerprint density at radius 3 is 2.46 bits per heavy atom. The van der Waals surface area contributed by atoms with Crippen molar-refractivity contribution < 1.29 is 18.9 Å². The highest BCUT2D eigenvalue weighted by Gasteiger charge is 2.14. The second-order valence-electron chi connectivity index (χ2n) is 5.64. The fourth-order valence-electron chi connectivity index (χ4n) is 2.79. The zero-order chi connectivity index (χ0) is 18.1. The summed E-state index contributed by atoms with van der Waals surface area (Å²) in [6.07, 6.45) is 0. The van der Waals surface area contributed by atoms with Crippen LogP contribution in [0.1, 0.15) is 0 Å². The van der Waals surface area contributed by atoms with E-state index < -0.39 is 0 Å². The summed E-state index contributed by atoms with van der Waals surface area (Å²) >= 11 is 0. The molecule has 2 heterocycles. The molecule has 1 aromatic heterocycles. The summed E-state index contributed by atoms with van der Waals surface area (Å²) < 4.78 is 21.7. The van der Waals surface area contributed by atoms with Gasteiger partial charge in [-0.15, -0.1) is 0 Å². The minimum absolute atomic E-state index is 0.344. The molecular formula is C18H18N4O4. The van der Waals surface area contributed by atoms with Crippen molar-refractivity contribution in [3.8, 4) is 23.0 Å². The highest BCUT2D eigenvalue weighted by molar-refractivity contribution is 5.92. The summed E-state index contributed by atoms with van der Waals surface area (Å²) in [5.41, 5.74) is 7.52. The number of nitrogen functional groups attached to an aromatic ring is 1. The van der Waals surface area contributed by atoms with Crippen LogP contribution in [0.3, 0.4) is 0 Å². The van der Waals surface area contributed by atoms with Crippen LogP contribution in [0.4, 0.5) is 17.5 Å². The van der Waals surface area contributed by atoms with Crippen LogP contribution in [0.2, 0.25) is 0 Å². The zero-order valence-electron chi connectivity index (χ0n) is 14.4. The summed E-state index contributed by atoms with van der Waals surface area (Å²) in [5.74, 6) is 3.26. The highest BCUT2D eigenvalue weighted by Crippen LogP contribution is 2.35. The van der Waals surface area contributed by atoms with Crippen molar-refractivity contribution in [2.75, 3.05) is 38.5 Å². The fourth-order valence-corrected chi connectivity index (χ4v) is 2.79. The van der Waals surface area contributed by atoms with E-state index >= 15 is 0 Å². The molecule has 0 bridgehead atoms. The second-order valence-corrected chi connectivity index (χ2v) is 5.64. The third kappa shape index (κ3) is 2.85. The van der Waals surface area contributed by atoms with Gasteiger partial charge in [0.25, 0.3) is 0 Å². The number of fused-ring (bicyclic) bond motifs is 2. The van der Waals surface area contributed by atoms with Crippen molar-refractivity contribution in [3.63, 3.8) is 0 Å². The molecule has 0 atom stereocenters. The molecule has 0 unspecified atom stereocenters. The first kappa shape index (κ1) is 16.1. The van der Waals surface area contributed by atoms with E-state index in [1.165, 1.54) is 0 Å². The van der Waals surface area contributed by atoms with E-state index in [2.05, 4.69) is 15.3 Å². The maximum atomic E-state index is 6.10. The Kier molecular flexibility index (Phi) is 4.00. The Morgan fingerprint density at radius 1 is 0.962 bits per heavy atom. The average molecular weight is 354 g/mol. The van der Waals surface area contributed by atoms with Crippen LogP contribution in [0.5, 0.6) is 23.0 Å². The number of anilines is 3. The van der Waals surface area contributed by atoms with Crippen LogP contribution in [0, 0.1) is 0 Å². The average Bonchev–Trinajstić information content (AvgIpc) is 2.67. The van der Waals surface area contributed by atoms with Gasteiger partial charge in [-0.2, -0.15) is 4.98 Å². The van der Waals surface area contributed by atoms with E-state index in [9.17, 15) is 0 Å². The van der Waals surface area contributed by atoms with Gasteiger partial charge >= 0.3 is 0 Å². The van der Waals surface area contributed by atoms with Crippen LogP contribution in [0.25, 0.3) is 10.9 Å². The third-order valence-corrected chi connectivity index (χ3v) is 4.03. The van der Waals surface area contributed by atoms with Crippen LogP contribution in [-0.4, -0.2) is 37.4 Å². The van der Waals surface area contributed by atoms with Crippen LogP contribution < -0.4 is 30.0 Å². The van der Waals surface area contributed by atoms with Gasteiger partial charge in [0, 0.05) is 23.2 Å². The number of hydrogen-bond acceptors (Lipinski definition) is 8. The largest absolute Gasteiger partial charge is 0.493 e. The Balaban J connectivity index is 1.70. The molecule has 0 spiro atoms. The van der Waals surface area contributed by atoms with Crippen molar-refractivity contribution in [1.82, 2.24) is 9.97 Å². The van der Waals surface area contributed by atoms with Gasteiger partial charge in [-0.05, 0) is 18.2 Å². The number of methoxy groups -OCH3 is 2. The summed E-state index contributed by atoms with van der Waals surface area (Å²) in [6.45, 7) is 1.08. The van der Waals surface area contributed by atoms with Crippen LogP contribution in [-0.2, 0) is 0 Å². The first-order chi connectivity index (χ1) is 12.7. The Labute approximate surface area is 149 Å². The first-order valence-electron chi connectivity index (χ1n) is 8.04. The van der Waals surface area contributed by atoms with Gasteiger partial charge in [0.2, 0.25) is 5.95 Å². The molecule has 4 rings (SSSR count). The molecule has 3 aromatic rings. The minimum atomic E-state index is 0.344. The predicted octanol–water partition coefficient (Wildman–Crippen LogP) is 2.74. The van der Waals surface area contributed by atoms with Crippen molar-refractivity contribution in [3.05, 3.63) is 30.3 Å². The van der Waals surface area contributed by atoms with Gasteiger partial charge in [-0.1, -0.05) is 0 Å². The van der Waals surface area contributed by atoms with Gasteiger partial charge in [0.05, 0.1) is 19.7 Å². The molecule has 2 aromatic carbocycles. The molecule has 0 radical (unpaired) electrons. The Bertz CT molecular complexity index is 977. The molecule has 0 saturated carbocycles. The fraction of sp³-hybridized carbons (Fsp3) is 0.222. The lowest BCUT2D eigenvalue weighted by atomic mass is 10.2. The predicted molar refractivity (Wildman–Crippen MR) is 97.8 cm³/mol. The van der Waals surface area contributed by atoms with Crippen molar-refractivity contribution in [2.45, 2.75) is 0 Å². The van der Waals surface area contributed by atoms with E-state index in [1.54, 1.807) is 26.4 Å². The number of aromatic nitrogens is 2. The van der Waals surface area contributed by atoms with Crippen LogP contribution in [0.15, 0.2) is 30.3 Å². The van der Waals surface area contributed by atoms with Crippen molar-refractivity contribution in [1.29, 1.82) is 0 Å². The molecule has 0 saturated heterocycles. The zero-order valence-corrected chi connectivity index (χ0v) is 14.4. The molecule has 8 heteroatoms. The summed E-state index contributed by atoms with van der Waals surface area (Å²) in [6, 6.07) is 9.08. The Hall–Kier alpha value is -3.42. The molecular weight excluding hydrogens is 336 g/mol. The number of hydrogen-bond donors (Lipinski definition) is 2. The SMILES string of the molecule is COc1cc2nc(Nc3ccc4c(c3)OCCO4)nc(N)c2cc1OC. The van der Waals surface area contributed by atoms with Gasteiger partial charge < -0.3 is 30.0 Å². The molecule has 134 valence electrons. The molecule has 3 N–H and O–H groups in total. The quantitative estimate of drug-likeness (QED) is 0.738. The van der Waals surface area contributed by atoms with E-state index in [0.29, 0.717) is 53.1 Å². The molecule has 1 aliphatic heterocycles. The summed E-state index contributed by atoms with van der Waals surface area (Å²) in [5, 5.41) is 3.83. The normalized spacial score (nSPS) is 12.7. The monoisotopic (exact) mass is 354 g/mol. The molecule has 0 aliphatic carbocycles. The lowest BCUT2D eigenvalue weighted by Gasteiger charge is -2.19. The van der Waals surface area contributed by atoms with Gasteiger partial charge in [0.1, 0.15) is 19.0 Å². The lowest BCUT2D eigenvalue weighted by Crippen LogP contribution is -2.15. The summed E-state index contributed by atoms with van der Waals surface area (Å²) in [7, 11) is 3.14. The molecule has 1 aliphatic rings. The van der Waals surface area contributed by atoms with E-state index in [-0.39, 0.29) is 0 Å². The van der Waals surface area contributed by atoms with Gasteiger partial charge in [-0.3, -0.25) is 0 Å². The number of benzene rings is 2. The van der Waals surface area contributed by atoms with E-state index in [0.717, 1.165) is 11.4 Å². The smallest absolute Gasteiger partial charge is 0.229 e. The molecule has 26 heavy (non-hydrogen) atoms. The van der Waals surface area contributed by atoms with E-state index in [1.807, 2.05) is 18.2 Å². The summed E-state index contributed by atoms with van der Waals surface area (Å²) in [4.78, 5) is 8.84. The number of rotatable bonds is 4. The maximum Gasteiger partial charge on any atom is 0.229 e. The molecule has 8 nitrogen and oxygen atoms in total. The lowest BCUT2D eigenvalue weighted by molar-refractivity contribution is 0.171. The van der Waals surface area contributed by atoms with Gasteiger partial charge in [0.15, 0.2) is 23.0 Å². The van der Waals surface area contributed by atoms with Crippen LogP contribution >= 0.6 is 0 Å². The van der Waals surface area contributed by atoms with Crippen molar-refractivity contribution >= 4 is 28.4 Å². The number of nitrogens with zero attached hydrogens (tertiary/aromatic N) is 2. The maximum absolute atomic E-state index is 6.10. The number of nitrogens with two attached hydrogens (primary N) is 1. The minimum Gasteiger partial charge on any atom is -0.493 e. The Morgan fingerprint density at radius 2 is 1.69 bits per heavy atom. The first-order valence-corrected chi connectivity index (χ1v) is 8.04. The molecule has 0 fully saturated rings. The van der Waals surface area contributed by atoms with Crippen molar-refractivity contribution in [2.24, 2.45) is 0 Å². The highest BCUT2D eigenvalue weighted by atomic mass is 16.6. The molecule has 0 amide bonds. The number of nitrogens with one attached hydrogen (secondary N) is 1. The second kappa shape index (κ2) is 6.47. The standard InChI is InChI=1S/C18H18N4O4/c1-23-14-8-11-12(9-15(14)24-2)21-18(22-17(11)19)20-10-3-4-13-16(7-10)26-6-5-25-13/h3-4,7-9H,5-6H2,1-2H3,(H3,19,20,21,22). The van der Waals surface area contributed by atoms with Gasteiger partial charge in [-0.25, -0.2) is 4.98 Å². The third-order valence-electron chi connectivity index (χ3n) is 4.03.